The van der Waals surface area contributed by atoms with Crippen molar-refractivity contribution in [1.82, 2.24) is 15.7 Å². The fraction of sp³-hybridized carbons (Fsp3) is 0.227. The maximum Gasteiger partial charge on any atom is 0.335 e. The number of aliphatic carboxylic acids is 2. The van der Waals surface area contributed by atoms with E-state index in [0.717, 1.165) is 23.3 Å². The summed E-state index contributed by atoms with van der Waals surface area (Å²) >= 11 is 0. The summed E-state index contributed by atoms with van der Waals surface area (Å²) in [5.74, 6) is -4.34. The first-order valence-electron chi connectivity index (χ1n) is 9.99. The molecule has 2 aromatic rings. The number of nitrogens with zero attached hydrogens (tertiary/aromatic N) is 2. The number of aromatic nitrogens is 1. The van der Waals surface area contributed by atoms with E-state index in [4.69, 9.17) is 0 Å². The van der Waals surface area contributed by atoms with Crippen LogP contribution < -0.4 is 15.8 Å². The number of hydrogen-bond acceptors (Lipinski definition) is 8. The zero-order valence-electron chi connectivity index (χ0n) is 18.5. The summed E-state index contributed by atoms with van der Waals surface area (Å²) in [7, 11) is -3.19. The van der Waals surface area contributed by atoms with Gasteiger partial charge >= 0.3 is 11.9 Å². The van der Waals surface area contributed by atoms with Gasteiger partial charge in [0.2, 0.25) is 14.7 Å². The van der Waals surface area contributed by atoms with Crippen LogP contribution in [0.15, 0.2) is 64.8 Å². The minimum Gasteiger partial charge on any atom is -0.478 e. The van der Waals surface area contributed by atoms with Crippen LogP contribution in [0.2, 0.25) is 0 Å². The Kier molecular flexibility index (Phi) is 6.75. The van der Waals surface area contributed by atoms with Crippen LogP contribution in [0.25, 0.3) is 0 Å². The molecule has 2 heterocycles. The lowest BCUT2D eigenvalue weighted by Gasteiger charge is -2.38. The third-order valence-electron chi connectivity index (χ3n) is 5.16. The molecule has 1 unspecified atom stereocenters. The van der Waals surface area contributed by atoms with E-state index in [1.54, 1.807) is 20.9 Å². The number of hydrogen-bond donors (Lipinski definition) is 4. The predicted molar refractivity (Wildman–Crippen MR) is 121 cm³/mol. The quantitative estimate of drug-likeness (QED) is 0.401. The van der Waals surface area contributed by atoms with E-state index in [2.05, 4.69) is 15.7 Å². The molecule has 34 heavy (non-hydrogen) atoms. The Morgan fingerprint density at radius 2 is 1.94 bits per heavy atom. The van der Waals surface area contributed by atoms with E-state index in [-0.39, 0.29) is 22.8 Å². The number of carbonyl (C=O) groups is 2. The number of likely N-dealkylation sites (N-methyl/N-ethyl adjacent to an activating group) is 1. The molecule has 10 nitrogen and oxygen atoms in total. The average molecular weight is 491 g/mol. The van der Waals surface area contributed by atoms with Crippen LogP contribution in [0.4, 0.5) is 10.1 Å². The molecule has 1 aliphatic heterocycles. The van der Waals surface area contributed by atoms with E-state index in [1.165, 1.54) is 24.3 Å². The maximum atomic E-state index is 15.1. The second-order valence-corrected chi connectivity index (χ2v) is 9.74. The Morgan fingerprint density at radius 3 is 2.47 bits per heavy atom. The van der Waals surface area contributed by atoms with Crippen LogP contribution in [-0.2, 0) is 19.4 Å². The molecular weight excluding hydrogens is 467 g/mol. The number of halogens is 1. The average Bonchev–Trinajstić information content (AvgIpc) is 3.12. The first-order valence-corrected chi connectivity index (χ1v) is 11.5. The number of carboxylic acid groups (broad SMARTS) is 2. The highest BCUT2D eigenvalue weighted by Gasteiger charge is 2.58. The van der Waals surface area contributed by atoms with Gasteiger partial charge in [-0.15, -0.1) is 0 Å². The Morgan fingerprint density at radius 1 is 1.24 bits per heavy atom. The summed E-state index contributed by atoms with van der Waals surface area (Å²) in [5.41, 5.74) is 2.67. The van der Waals surface area contributed by atoms with Crippen molar-refractivity contribution in [3.05, 3.63) is 77.0 Å². The molecule has 1 aromatic heterocycles. The topological polar surface area (TPSA) is 149 Å². The van der Waals surface area contributed by atoms with Crippen LogP contribution in [0, 0.1) is 19.7 Å². The van der Waals surface area contributed by atoms with Crippen molar-refractivity contribution in [3.8, 4) is 0 Å². The second-order valence-electron chi connectivity index (χ2n) is 7.64. The number of sulfone groups is 1. The molecule has 0 amide bonds. The normalized spacial score (nSPS) is 18.4. The van der Waals surface area contributed by atoms with Crippen molar-refractivity contribution in [2.24, 2.45) is 0 Å². The Hall–Kier alpha value is -3.77. The fourth-order valence-electron chi connectivity index (χ4n) is 3.65. The molecule has 1 aromatic carbocycles. The summed E-state index contributed by atoms with van der Waals surface area (Å²) in [6, 6.07) is 6.60. The SMILES string of the molecule is CNCC1=CC(/C(=C/C(=O)O)C(=O)O)(S(=O)(=O)c2ccc(C)nc2)N(c2ccc(C)cc2F)N1. The highest BCUT2D eigenvalue weighted by atomic mass is 32.2. The predicted octanol–water partition coefficient (Wildman–Crippen LogP) is 1.53. The maximum absolute atomic E-state index is 15.1. The molecule has 0 aliphatic carbocycles. The number of nitrogens with one attached hydrogen (secondary N) is 2. The molecule has 3 rings (SSSR count). The summed E-state index contributed by atoms with van der Waals surface area (Å²) in [4.78, 5) is 24.9. The highest BCUT2D eigenvalue weighted by Crippen LogP contribution is 2.43. The second kappa shape index (κ2) is 9.23. The lowest BCUT2D eigenvalue weighted by Crippen LogP contribution is -2.57. The monoisotopic (exact) mass is 490 g/mol. The summed E-state index contributed by atoms with van der Waals surface area (Å²) in [6.07, 6.45) is 2.40. The van der Waals surface area contributed by atoms with Gasteiger partial charge in [0.05, 0.1) is 16.2 Å². The lowest BCUT2D eigenvalue weighted by atomic mass is 10.0. The van der Waals surface area contributed by atoms with Crippen LogP contribution in [-0.4, -0.2) is 54.0 Å². The highest BCUT2D eigenvalue weighted by molar-refractivity contribution is 7.93. The third-order valence-corrected chi connectivity index (χ3v) is 7.36. The number of hydrazine groups is 1. The van der Waals surface area contributed by atoms with E-state index in [1.807, 2.05) is 0 Å². The minimum atomic E-state index is -4.76. The minimum absolute atomic E-state index is 0.0490. The molecule has 12 heteroatoms. The van der Waals surface area contributed by atoms with Gasteiger partial charge in [0, 0.05) is 30.2 Å². The van der Waals surface area contributed by atoms with Gasteiger partial charge in [-0.25, -0.2) is 22.4 Å². The van der Waals surface area contributed by atoms with Gasteiger partial charge in [-0.2, -0.15) is 0 Å². The van der Waals surface area contributed by atoms with E-state index >= 15 is 4.39 Å². The molecule has 1 aliphatic rings. The Labute approximate surface area is 195 Å². The Bertz CT molecular complexity index is 1310. The molecule has 0 radical (unpaired) electrons. The number of pyridine rings is 1. The fourth-order valence-corrected chi connectivity index (χ4v) is 5.56. The van der Waals surface area contributed by atoms with Crippen molar-refractivity contribution in [2.75, 3.05) is 18.6 Å². The van der Waals surface area contributed by atoms with Gasteiger partial charge in [-0.3, -0.25) is 15.4 Å². The molecule has 0 fully saturated rings. The van der Waals surface area contributed by atoms with Crippen molar-refractivity contribution in [1.29, 1.82) is 0 Å². The smallest absolute Gasteiger partial charge is 0.335 e. The molecular formula is C22H23FN4O6S. The summed E-state index contributed by atoms with van der Waals surface area (Å²) < 4.78 is 43.3. The van der Waals surface area contributed by atoms with Gasteiger partial charge in [0.25, 0.3) is 0 Å². The first-order chi connectivity index (χ1) is 15.9. The molecule has 0 bridgehead atoms. The van der Waals surface area contributed by atoms with Crippen LogP contribution in [0.3, 0.4) is 0 Å². The van der Waals surface area contributed by atoms with E-state index in [9.17, 15) is 28.2 Å². The number of carboxylic acids is 2. The van der Waals surface area contributed by atoms with Gasteiger partial charge in [-0.1, -0.05) is 6.07 Å². The van der Waals surface area contributed by atoms with Crippen molar-refractivity contribution < 1.29 is 32.6 Å². The molecule has 0 saturated heterocycles. The zero-order valence-corrected chi connectivity index (χ0v) is 19.4. The summed E-state index contributed by atoms with van der Waals surface area (Å²) in [5, 5.41) is 23.0. The van der Waals surface area contributed by atoms with Crippen LogP contribution in [0.5, 0.6) is 0 Å². The molecule has 0 saturated carbocycles. The molecule has 0 spiro atoms. The first kappa shape index (κ1) is 24.9. The number of benzene rings is 1. The van der Waals surface area contributed by atoms with Gasteiger partial charge in [0.1, 0.15) is 5.82 Å². The molecule has 4 N–H and O–H groups in total. The Balaban J connectivity index is 2.46. The molecule has 1 atom stereocenters. The van der Waals surface area contributed by atoms with Crippen LogP contribution in [0.1, 0.15) is 11.3 Å². The lowest BCUT2D eigenvalue weighted by molar-refractivity contribution is -0.135. The zero-order chi connectivity index (χ0) is 25.3. The number of anilines is 1. The third kappa shape index (κ3) is 4.24. The number of aryl methyl sites for hydroxylation is 2. The van der Waals surface area contributed by atoms with Gasteiger partial charge in [0.15, 0.2) is 0 Å². The van der Waals surface area contributed by atoms with Crippen molar-refractivity contribution in [2.45, 2.75) is 23.6 Å². The van der Waals surface area contributed by atoms with Gasteiger partial charge in [-0.05, 0) is 56.8 Å². The van der Waals surface area contributed by atoms with Crippen molar-refractivity contribution >= 4 is 27.5 Å². The largest absolute Gasteiger partial charge is 0.478 e. The van der Waals surface area contributed by atoms with E-state index < -0.39 is 38.0 Å². The molecule has 180 valence electrons. The van der Waals surface area contributed by atoms with Crippen molar-refractivity contribution in [3.63, 3.8) is 0 Å². The van der Waals surface area contributed by atoms with E-state index in [0.29, 0.717) is 17.3 Å². The standard InChI is InChI=1S/C22H23FN4O6S/c1-13-4-7-19(18(23)8-13)27-22(10-15(26-27)11-24-3,17(21(30)31)9-20(28)29)34(32,33)16-6-5-14(2)25-12-16/h4-10,12,24,26H,11H2,1-3H3,(H,28,29)(H,30,31)/b17-9+. The number of rotatable bonds is 8. The van der Waals surface area contributed by atoms with Crippen LogP contribution >= 0.6 is 0 Å². The van der Waals surface area contributed by atoms with Gasteiger partial charge < -0.3 is 15.5 Å². The summed E-state index contributed by atoms with van der Waals surface area (Å²) in [6.45, 7) is 3.31.